The standard InChI is InChI=1S/C13H22N6O2/c1-4-9-11-12(18(2)17-9)19(13(14)16-11)7-5-10(20)15-6-8-21-3/h4-8H2,1-3H3,(H2,14,16)(H,15,20). The third-order valence-electron chi connectivity index (χ3n) is 3.35. The Balaban J connectivity index is 2.10. The van der Waals surface area contributed by atoms with Crippen LogP contribution in [0.25, 0.3) is 11.2 Å². The molecule has 0 unspecified atom stereocenters. The molecule has 2 aromatic heterocycles. The molecule has 0 saturated carbocycles. The predicted molar refractivity (Wildman–Crippen MR) is 79.8 cm³/mol. The molecule has 0 fully saturated rings. The van der Waals surface area contributed by atoms with Crippen molar-refractivity contribution in [1.82, 2.24) is 24.6 Å². The number of carbonyl (C=O) groups excluding carboxylic acids is 1. The Morgan fingerprint density at radius 1 is 1.48 bits per heavy atom. The highest BCUT2D eigenvalue weighted by atomic mass is 16.5. The molecule has 0 spiro atoms. The lowest BCUT2D eigenvalue weighted by Crippen LogP contribution is -2.27. The van der Waals surface area contributed by atoms with Crippen LogP contribution in [0, 0.1) is 0 Å². The van der Waals surface area contributed by atoms with Crippen LogP contribution in [0.2, 0.25) is 0 Å². The zero-order valence-electron chi connectivity index (χ0n) is 12.7. The molecule has 1 amide bonds. The van der Waals surface area contributed by atoms with Gasteiger partial charge >= 0.3 is 0 Å². The second-order valence-corrected chi connectivity index (χ2v) is 4.81. The number of anilines is 1. The Kier molecular flexibility index (Phi) is 4.79. The number of aromatic nitrogens is 4. The van der Waals surface area contributed by atoms with Gasteiger partial charge in [-0.25, -0.2) is 4.98 Å². The van der Waals surface area contributed by atoms with Gasteiger partial charge in [0.1, 0.15) is 5.52 Å². The molecule has 2 aromatic rings. The van der Waals surface area contributed by atoms with E-state index in [1.54, 1.807) is 11.8 Å². The first-order valence-corrected chi connectivity index (χ1v) is 7.01. The minimum atomic E-state index is -0.0359. The number of fused-ring (bicyclic) bond motifs is 1. The van der Waals surface area contributed by atoms with Gasteiger partial charge in [0.2, 0.25) is 11.9 Å². The van der Waals surface area contributed by atoms with Gasteiger partial charge in [-0.2, -0.15) is 5.10 Å². The molecule has 0 aliphatic carbocycles. The average molecular weight is 294 g/mol. The molecule has 2 rings (SSSR count). The number of nitrogens with one attached hydrogen (secondary N) is 1. The maximum absolute atomic E-state index is 11.7. The van der Waals surface area contributed by atoms with Gasteiger partial charge < -0.3 is 15.8 Å². The molecule has 116 valence electrons. The van der Waals surface area contributed by atoms with Gasteiger partial charge in [0.15, 0.2) is 5.65 Å². The van der Waals surface area contributed by atoms with Crippen LogP contribution in [0.3, 0.4) is 0 Å². The van der Waals surface area contributed by atoms with Crippen molar-refractivity contribution in [2.24, 2.45) is 7.05 Å². The summed E-state index contributed by atoms with van der Waals surface area (Å²) in [5, 5.41) is 7.20. The van der Waals surface area contributed by atoms with E-state index in [1.807, 2.05) is 18.5 Å². The number of rotatable bonds is 7. The summed E-state index contributed by atoms with van der Waals surface area (Å²) in [4.78, 5) is 16.1. The fraction of sp³-hybridized carbons (Fsp3) is 0.615. The lowest BCUT2D eigenvalue weighted by Gasteiger charge is -2.07. The van der Waals surface area contributed by atoms with Crippen LogP contribution in [0.1, 0.15) is 19.0 Å². The minimum Gasteiger partial charge on any atom is -0.383 e. The Bertz CT molecular complexity index is 630. The number of carbonyl (C=O) groups is 1. The van der Waals surface area contributed by atoms with Gasteiger partial charge in [-0.05, 0) is 6.42 Å². The smallest absolute Gasteiger partial charge is 0.221 e. The third kappa shape index (κ3) is 3.15. The maximum atomic E-state index is 11.7. The van der Waals surface area contributed by atoms with Crippen LogP contribution in [-0.2, 0) is 29.5 Å². The summed E-state index contributed by atoms with van der Waals surface area (Å²) in [5.74, 6) is 0.378. The summed E-state index contributed by atoms with van der Waals surface area (Å²) in [6.45, 7) is 3.52. The van der Waals surface area contributed by atoms with Crippen molar-refractivity contribution in [3.05, 3.63) is 5.69 Å². The molecule has 0 atom stereocenters. The third-order valence-corrected chi connectivity index (χ3v) is 3.35. The summed E-state index contributed by atoms with van der Waals surface area (Å²) in [7, 11) is 3.46. The molecule has 0 saturated heterocycles. The largest absolute Gasteiger partial charge is 0.383 e. The zero-order chi connectivity index (χ0) is 15.4. The first-order valence-electron chi connectivity index (χ1n) is 7.01. The van der Waals surface area contributed by atoms with E-state index in [1.165, 1.54) is 0 Å². The monoisotopic (exact) mass is 294 g/mol. The quantitative estimate of drug-likeness (QED) is 0.704. The van der Waals surface area contributed by atoms with E-state index in [0.29, 0.717) is 32.1 Å². The minimum absolute atomic E-state index is 0.0359. The van der Waals surface area contributed by atoms with E-state index in [9.17, 15) is 4.79 Å². The number of aryl methyl sites for hydroxylation is 3. The summed E-state index contributed by atoms with van der Waals surface area (Å²) in [6.07, 6.45) is 1.14. The van der Waals surface area contributed by atoms with Crippen molar-refractivity contribution < 1.29 is 9.53 Å². The maximum Gasteiger partial charge on any atom is 0.221 e. The molecule has 0 radical (unpaired) electrons. The lowest BCUT2D eigenvalue weighted by atomic mass is 10.3. The molecule has 0 aliphatic heterocycles. The Hall–Kier alpha value is -2.09. The highest BCUT2D eigenvalue weighted by Crippen LogP contribution is 2.21. The Labute approximate surface area is 123 Å². The van der Waals surface area contributed by atoms with Gasteiger partial charge in [-0.15, -0.1) is 0 Å². The molecule has 3 N–H and O–H groups in total. The number of amides is 1. The van der Waals surface area contributed by atoms with Crippen LogP contribution in [-0.4, -0.2) is 45.5 Å². The summed E-state index contributed by atoms with van der Waals surface area (Å²) >= 11 is 0. The number of nitrogen functional groups attached to an aromatic ring is 1. The van der Waals surface area contributed by atoms with Gasteiger partial charge in [0.05, 0.1) is 12.3 Å². The first-order chi connectivity index (χ1) is 10.1. The number of nitrogens with two attached hydrogens (primary N) is 1. The van der Waals surface area contributed by atoms with Crippen LogP contribution >= 0.6 is 0 Å². The van der Waals surface area contributed by atoms with Crippen molar-refractivity contribution in [3.8, 4) is 0 Å². The van der Waals surface area contributed by atoms with Crippen LogP contribution in [0.4, 0.5) is 5.95 Å². The SMILES string of the molecule is CCc1nn(C)c2c1nc(N)n2CCC(=O)NCCOC. The van der Waals surface area contributed by atoms with E-state index in [2.05, 4.69) is 15.4 Å². The van der Waals surface area contributed by atoms with Crippen LogP contribution in [0.5, 0.6) is 0 Å². The number of hydrogen-bond acceptors (Lipinski definition) is 5. The highest BCUT2D eigenvalue weighted by Gasteiger charge is 2.17. The molecular weight excluding hydrogens is 272 g/mol. The van der Waals surface area contributed by atoms with Crippen molar-refractivity contribution in [3.63, 3.8) is 0 Å². The molecule has 0 aromatic carbocycles. The molecule has 21 heavy (non-hydrogen) atoms. The van der Waals surface area contributed by atoms with Crippen LogP contribution in [0.15, 0.2) is 0 Å². The highest BCUT2D eigenvalue weighted by molar-refractivity contribution is 5.79. The molecular formula is C13H22N6O2. The van der Waals surface area contributed by atoms with Gasteiger partial charge in [0.25, 0.3) is 0 Å². The normalized spacial score (nSPS) is 11.2. The molecule has 2 heterocycles. The summed E-state index contributed by atoms with van der Waals surface area (Å²) < 4.78 is 8.48. The number of ether oxygens (including phenoxy) is 1. The lowest BCUT2D eigenvalue weighted by molar-refractivity contribution is -0.121. The van der Waals surface area contributed by atoms with Gasteiger partial charge in [-0.3, -0.25) is 14.0 Å². The van der Waals surface area contributed by atoms with Crippen molar-refractivity contribution >= 4 is 23.0 Å². The van der Waals surface area contributed by atoms with Crippen molar-refractivity contribution in [1.29, 1.82) is 0 Å². The van der Waals surface area contributed by atoms with E-state index < -0.39 is 0 Å². The molecule has 8 heteroatoms. The van der Waals surface area contributed by atoms with E-state index >= 15 is 0 Å². The Morgan fingerprint density at radius 3 is 2.90 bits per heavy atom. The first kappa shape index (κ1) is 15.3. The molecule has 0 bridgehead atoms. The average Bonchev–Trinajstić information content (AvgIpc) is 2.94. The number of imidazole rings is 1. The summed E-state index contributed by atoms with van der Waals surface area (Å²) in [5.41, 5.74) is 8.55. The molecule has 0 aliphatic rings. The fourth-order valence-corrected chi connectivity index (χ4v) is 2.31. The van der Waals surface area contributed by atoms with Gasteiger partial charge in [-0.1, -0.05) is 6.92 Å². The second kappa shape index (κ2) is 6.57. The van der Waals surface area contributed by atoms with E-state index in [4.69, 9.17) is 10.5 Å². The molecule has 8 nitrogen and oxygen atoms in total. The van der Waals surface area contributed by atoms with E-state index in [0.717, 1.165) is 23.3 Å². The zero-order valence-corrected chi connectivity index (χ0v) is 12.7. The van der Waals surface area contributed by atoms with Crippen molar-refractivity contribution in [2.75, 3.05) is 26.0 Å². The second-order valence-electron chi connectivity index (χ2n) is 4.81. The topological polar surface area (TPSA) is 100.0 Å². The number of methoxy groups -OCH3 is 1. The predicted octanol–water partition coefficient (Wildman–Crippen LogP) is 0.0671. The fourth-order valence-electron chi connectivity index (χ4n) is 2.31. The Morgan fingerprint density at radius 2 is 2.24 bits per heavy atom. The van der Waals surface area contributed by atoms with Crippen LogP contribution < -0.4 is 11.1 Å². The number of hydrogen-bond donors (Lipinski definition) is 2. The number of nitrogens with zero attached hydrogens (tertiary/aromatic N) is 4. The summed E-state index contributed by atoms with van der Waals surface area (Å²) in [6, 6.07) is 0. The van der Waals surface area contributed by atoms with Crippen molar-refractivity contribution in [2.45, 2.75) is 26.3 Å². The van der Waals surface area contributed by atoms with E-state index in [-0.39, 0.29) is 5.91 Å². The van der Waals surface area contributed by atoms with Gasteiger partial charge in [0, 0.05) is 33.7 Å².